The smallest absolute Gasteiger partial charge is 0.261 e. The number of carbonyl (C=O) groups excluding carboxylic acids is 1. The second-order valence-corrected chi connectivity index (χ2v) is 11.1. The Kier molecular flexibility index (Phi) is 7.74. The number of benzene rings is 3. The lowest BCUT2D eigenvalue weighted by Gasteiger charge is -2.09. The van der Waals surface area contributed by atoms with Crippen LogP contribution < -0.4 is 14.8 Å². The molecular formula is C25H23N3O4S3. The molecule has 1 aromatic heterocycles. The SMILES string of the molecule is COc1ccccc1-c1csc(NC(=O)CSc2ccc(NS(=O)(=O)c3ccc(C)cc3)cc2)n1. The number of anilines is 2. The van der Waals surface area contributed by atoms with Gasteiger partial charge in [0.25, 0.3) is 10.0 Å². The quantitative estimate of drug-likeness (QED) is 0.274. The van der Waals surface area contributed by atoms with Crippen LogP contribution in [0, 0.1) is 6.92 Å². The zero-order chi connectivity index (χ0) is 24.8. The number of thiazole rings is 1. The van der Waals surface area contributed by atoms with Crippen LogP contribution in [0.5, 0.6) is 5.75 Å². The van der Waals surface area contributed by atoms with E-state index in [1.54, 1.807) is 55.6 Å². The van der Waals surface area contributed by atoms with Crippen LogP contribution in [-0.4, -0.2) is 32.2 Å². The third-order valence-electron chi connectivity index (χ3n) is 4.94. The predicted molar refractivity (Wildman–Crippen MR) is 142 cm³/mol. The van der Waals surface area contributed by atoms with Gasteiger partial charge in [-0.1, -0.05) is 29.8 Å². The third-order valence-corrected chi connectivity index (χ3v) is 8.11. The van der Waals surface area contributed by atoms with Crippen molar-refractivity contribution in [1.82, 2.24) is 4.98 Å². The molecule has 0 aliphatic rings. The van der Waals surface area contributed by atoms with Gasteiger partial charge in [-0.15, -0.1) is 23.1 Å². The molecule has 2 N–H and O–H groups in total. The molecule has 0 bridgehead atoms. The number of nitrogens with zero attached hydrogens (tertiary/aromatic N) is 1. The van der Waals surface area contributed by atoms with Gasteiger partial charge in [-0.3, -0.25) is 9.52 Å². The summed E-state index contributed by atoms with van der Waals surface area (Å²) in [5.74, 6) is 0.730. The highest BCUT2D eigenvalue weighted by molar-refractivity contribution is 8.00. The van der Waals surface area contributed by atoms with Crippen molar-refractivity contribution in [2.45, 2.75) is 16.7 Å². The maximum absolute atomic E-state index is 12.5. The lowest BCUT2D eigenvalue weighted by Crippen LogP contribution is -2.14. The van der Waals surface area contributed by atoms with Crippen molar-refractivity contribution >= 4 is 49.8 Å². The van der Waals surface area contributed by atoms with Gasteiger partial charge in [0.05, 0.1) is 23.5 Å². The number of rotatable bonds is 9. The van der Waals surface area contributed by atoms with Gasteiger partial charge in [0.1, 0.15) is 5.75 Å². The third kappa shape index (κ3) is 6.41. The molecule has 1 amide bonds. The fraction of sp³-hybridized carbons (Fsp3) is 0.120. The van der Waals surface area contributed by atoms with Crippen LogP contribution in [0.4, 0.5) is 10.8 Å². The maximum Gasteiger partial charge on any atom is 0.261 e. The van der Waals surface area contributed by atoms with Crippen LogP contribution in [0.1, 0.15) is 5.56 Å². The Morgan fingerprint density at radius 1 is 1.03 bits per heavy atom. The molecule has 0 saturated carbocycles. The summed E-state index contributed by atoms with van der Waals surface area (Å²) >= 11 is 2.70. The number of para-hydroxylation sites is 1. The molecule has 0 atom stereocenters. The Labute approximate surface area is 212 Å². The standard InChI is InChI=1S/C25H23N3O4S3/c1-17-7-13-20(14-8-17)35(30,31)28-18-9-11-19(12-10-18)33-16-24(29)27-25-26-22(15-34-25)21-5-3-4-6-23(21)32-2/h3-15,28H,16H2,1-2H3,(H,26,27,29). The highest BCUT2D eigenvalue weighted by Gasteiger charge is 2.14. The number of nitrogens with one attached hydrogen (secondary N) is 2. The van der Waals surface area contributed by atoms with Crippen LogP contribution in [0.3, 0.4) is 0 Å². The minimum absolute atomic E-state index is 0.180. The van der Waals surface area contributed by atoms with Gasteiger partial charge in [-0.2, -0.15) is 0 Å². The molecule has 180 valence electrons. The number of aromatic nitrogens is 1. The van der Waals surface area contributed by atoms with Crippen LogP contribution in [0.2, 0.25) is 0 Å². The molecule has 0 fully saturated rings. The van der Waals surface area contributed by atoms with Crippen LogP contribution >= 0.6 is 23.1 Å². The largest absolute Gasteiger partial charge is 0.496 e. The van der Waals surface area contributed by atoms with Crippen molar-refractivity contribution < 1.29 is 17.9 Å². The fourth-order valence-corrected chi connectivity index (χ4v) is 5.65. The van der Waals surface area contributed by atoms with Crippen LogP contribution in [-0.2, 0) is 14.8 Å². The van der Waals surface area contributed by atoms with Gasteiger partial charge >= 0.3 is 0 Å². The van der Waals surface area contributed by atoms with E-state index in [0.29, 0.717) is 10.8 Å². The first-order chi connectivity index (χ1) is 16.8. The van der Waals surface area contributed by atoms with E-state index in [2.05, 4.69) is 15.0 Å². The summed E-state index contributed by atoms with van der Waals surface area (Å²) in [6.45, 7) is 1.90. The number of amides is 1. The van der Waals surface area contributed by atoms with Crippen molar-refractivity contribution in [3.63, 3.8) is 0 Å². The molecule has 0 aliphatic carbocycles. The molecule has 1 heterocycles. The topological polar surface area (TPSA) is 97.4 Å². The second-order valence-electron chi connectivity index (χ2n) is 7.52. The van der Waals surface area contributed by atoms with Crippen molar-refractivity contribution in [2.24, 2.45) is 0 Å². The number of thioether (sulfide) groups is 1. The highest BCUT2D eigenvalue weighted by Crippen LogP contribution is 2.32. The zero-order valence-electron chi connectivity index (χ0n) is 19.0. The van der Waals surface area contributed by atoms with Gasteiger partial charge in [-0.05, 0) is 55.5 Å². The summed E-state index contributed by atoms with van der Waals surface area (Å²) in [6.07, 6.45) is 0. The Morgan fingerprint density at radius 2 is 1.74 bits per heavy atom. The molecule has 3 aromatic carbocycles. The monoisotopic (exact) mass is 525 g/mol. The summed E-state index contributed by atoms with van der Waals surface area (Å²) in [7, 11) is -2.05. The molecule has 0 unspecified atom stereocenters. The van der Waals surface area contributed by atoms with E-state index in [-0.39, 0.29) is 16.6 Å². The van der Waals surface area contributed by atoms with Gasteiger partial charge in [0.15, 0.2) is 5.13 Å². The molecule has 10 heteroatoms. The minimum atomic E-state index is -3.66. The van der Waals surface area contributed by atoms with Gasteiger partial charge < -0.3 is 10.1 Å². The normalized spacial score (nSPS) is 11.1. The van der Waals surface area contributed by atoms with E-state index >= 15 is 0 Å². The molecule has 0 aliphatic heterocycles. The van der Waals surface area contributed by atoms with Crippen molar-refractivity contribution in [3.05, 3.63) is 83.7 Å². The van der Waals surface area contributed by atoms with E-state index in [1.807, 2.05) is 36.6 Å². The predicted octanol–water partition coefficient (Wildman–Crippen LogP) is 5.66. The lowest BCUT2D eigenvalue weighted by atomic mass is 10.1. The molecule has 0 saturated heterocycles. The molecule has 4 rings (SSSR count). The first-order valence-electron chi connectivity index (χ1n) is 10.6. The van der Waals surface area contributed by atoms with Gasteiger partial charge in [0.2, 0.25) is 5.91 Å². The van der Waals surface area contributed by atoms with E-state index in [4.69, 9.17) is 4.74 Å². The highest BCUT2D eigenvalue weighted by atomic mass is 32.2. The average molecular weight is 526 g/mol. The summed E-state index contributed by atoms with van der Waals surface area (Å²) in [5, 5.41) is 5.20. The maximum atomic E-state index is 12.5. The fourth-order valence-electron chi connectivity index (χ4n) is 3.17. The number of sulfonamides is 1. The van der Waals surface area contributed by atoms with E-state index in [1.165, 1.54) is 23.1 Å². The van der Waals surface area contributed by atoms with Gasteiger partial charge in [0, 0.05) is 21.5 Å². The average Bonchev–Trinajstić information content (AvgIpc) is 3.32. The van der Waals surface area contributed by atoms with Crippen molar-refractivity contribution in [1.29, 1.82) is 0 Å². The second kappa shape index (κ2) is 10.9. The number of ether oxygens (including phenoxy) is 1. The number of carbonyl (C=O) groups is 1. The summed E-state index contributed by atoms with van der Waals surface area (Å²) in [5.41, 5.74) is 3.03. The Morgan fingerprint density at radius 3 is 2.46 bits per heavy atom. The van der Waals surface area contributed by atoms with E-state index in [0.717, 1.165) is 27.5 Å². The molecule has 0 spiro atoms. The molecule has 4 aromatic rings. The number of aryl methyl sites for hydroxylation is 1. The number of hydrogen-bond acceptors (Lipinski definition) is 7. The van der Waals surface area contributed by atoms with E-state index in [9.17, 15) is 13.2 Å². The number of hydrogen-bond donors (Lipinski definition) is 2. The summed E-state index contributed by atoms with van der Waals surface area (Å²) in [6, 6.07) is 21.1. The first kappa shape index (κ1) is 24.8. The van der Waals surface area contributed by atoms with Crippen LogP contribution in [0.15, 0.2) is 88.0 Å². The first-order valence-corrected chi connectivity index (χ1v) is 13.9. The van der Waals surface area contributed by atoms with Crippen LogP contribution in [0.25, 0.3) is 11.3 Å². The number of methoxy groups -OCH3 is 1. The Hall–Kier alpha value is -3.34. The summed E-state index contributed by atoms with van der Waals surface area (Å²) < 4.78 is 33.0. The Balaban J connectivity index is 1.31. The van der Waals surface area contributed by atoms with E-state index < -0.39 is 10.0 Å². The zero-order valence-corrected chi connectivity index (χ0v) is 21.5. The molecule has 7 nitrogen and oxygen atoms in total. The van der Waals surface area contributed by atoms with Crippen molar-refractivity contribution in [3.8, 4) is 17.0 Å². The lowest BCUT2D eigenvalue weighted by molar-refractivity contribution is -0.113. The summed E-state index contributed by atoms with van der Waals surface area (Å²) in [4.78, 5) is 17.9. The Bertz CT molecular complexity index is 1420. The minimum Gasteiger partial charge on any atom is -0.496 e. The molecule has 35 heavy (non-hydrogen) atoms. The molecular weight excluding hydrogens is 502 g/mol. The van der Waals surface area contributed by atoms with Gasteiger partial charge in [-0.25, -0.2) is 13.4 Å². The van der Waals surface area contributed by atoms with Crippen molar-refractivity contribution in [2.75, 3.05) is 22.9 Å². The molecule has 0 radical (unpaired) electrons.